The zero-order chi connectivity index (χ0) is 17.2. The van der Waals surface area contributed by atoms with Gasteiger partial charge in [-0.3, -0.25) is 15.0 Å². The standard InChI is InChI=1S/C14H14ClF3N2O3/c15-9-3-1-8(2-4-9)10-5-6-20(7-11(10)12(21)22)19-13(23)14(16,17)18/h1-4,10-11H,5-7H2,(H,19,23)(H,21,22). The molecule has 1 aliphatic rings. The Labute approximate surface area is 135 Å². The van der Waals surface area contributed by atoms with E-state index in [4.69, 9.17) is 11.6 Å². The van der Waals surface area contributed by atoms with Crippen LogP contribution in [0.1, 0.15) is 17.9 Å². The molecule has 9 heteroatoms. The molecule has 1 aromatic carbocycles. The smallest absolute Gasteiger partial charge is 0.472 e. The Hall–Kier alpha value is -1.80. The molecule has 2 atom stereocenters. The van der Waals surface area contributed by atoms with Gasteiger partial charge in [-0.05, 0) is 30.0 Å². The molecule has 0 radical (unpaired) electrons. The van der Waals surface area contributed by atoms with Crippen molar-refractivity contribution in [3.8, 4) is 0 Å². The summed E-state index contributed by atoms with van der Waals surface area (Å²) >= 11 is 5.79. The second kappa shape index (κ2) is 6.76. The van der Waals surface area contributed by atoms with E-state index in [1.54, 1.807) is 29.7 Å². The van der Waals surface area contributed by atoms with Gasteiger partial charge in [0.25, 0.3) is 0 Å². The third-order valence-corrected chi connectivity index (χ3v) is 4.00. The Bertz CT molecular complexity index is 592. The topological polar surface area (TPSA) is 69.6 Å². The van der Waals surface area contributed by atoms with Crippen LogP contribution in [0.15, 0.2) is 24.3 Å². The van der Waals surface area contributed by atoms with Gasteiger partial charge in [0.1, 0.15) is 0 Å². The summed E-state index contributed by atoms with van der Waals surface area (Å²) in [6, 6.07) is 6.67. The Balaban J connectivity index is 2.10. The van der Waals surface area contributed by atoms with Crippen LogP contribution in [-0.4, -0.2) is 41.3 Å². The number of benzene rings is 1. The SMILES string of the molecule is O=C(O)C1CN(NC(=O)C(F)(F)F)CCC1c1ccc(Cl)cc1. The molecule has 1 aromatic rings. The lowest BCUT2D eigenvalue weighted by Crippen LogP contribution is -2.54. The highest BCUT2D eigenvalue weighted by molar-refractivity contribution is 6.30. The number of amides is 1. The molecular weight excluding hydrogens is 337 g/mol. The molecule has 2 unspecified atom stereocenters. The number of piperidine rings is 1. The second-order valence-electron chi connectivity index (χ2n) is 5.28. The average molecular weight is 351 g/mol. The minimum atomic E-state index is -5.01. The second-order valence-corrected chi connectivity index (χ2v) is 5.71. The van der Waals surface area contributed by atoms with Crippen LogP contribution >= 0.6 is 11.6 Å². The van der Waals surface area contributed by atoms with Gasteiger partial charge in [0, 0.05) is 18.1 Å². The number of rotatable bonds is 3. The summed E-state index contributed by atoms with van der Waals surface area (Å²) in [6.07, 6.45) is -4.71. The van der Waals surface area contributed by atoms with Crippen LogP contribution in [0.2, 0.25) is 5.02 Å². The molecule has 1 saturated heterocycles. The first-order chi connectivity index (χ1) is 10.7. The number of carboxylic acids is 1. The minimum Gasteiger partial charge on any atom is -0.481 e. The van der Waals surface area contributed by atoms with E-state index in [0.717, 1.165) is 10.6 Å². The van der Waals surface area contributed by atoms with Gasteiger partial charge < -0.3 is 5.11 Å². The largest absolute Gasteiger partial charge is 0.481 e. The molecule has 0 aromatic heterocycles. The lowest BCUT2D eigenvalue weighted by atomic mass is 9.81. The van der Waals surface area contributed by atoms with Crippen molar-refractivity contribution < 1.29 is 27.9 Å². The number of carbonyl (C=O) groups excluding carboxylic acids is 1. The molecule has 1 amide bonds. The lowest BCUT2D eigenvalue weighted by molar-refractivity contribution is -0.180. The maximum absolute atomic E-state index is 12.3. The first-order valence-electron chi connectivity index (χ1n) is 6.79. The van der Waals surface area contributed by atoms with Crippen molar-refractivity contribution in [2.45, 2.75) is 18.5 Å². The number of nitrogens with one attached hydrogen (secondary N) is 1. The fraction of sp³-hybridized carbons (Fsp3) is 0.429. The summed E-state index contributed by atoms with van der Waals surface area (Å²) in [5.74, 6) is -4.52. The third-order valence-electron chi connectivity index (χ3n) is 3.75. The highest BCUT2D eigenvalue weighted by Crippen LogP contribution is 2.33. The number of carbonyl (C=O) groups is 2. The van der Waals surface area contributed by atoms with Crippen LogP contribution in [0.25, 0.3) is 0 Å². The Kier molecular flexibility index (Phi) is 5.16. The first kappa shape index (κ1) is 17.6. The lowest BCUT2D eigenvalue weighted by Gasteiger charge is -2.36. The predicted octanol–water partition coefficient (Wildman–Crippen LogP) is 2.42. The van der Waals surface area contributed by atoms with Crippen molar-refractivity contribution in [2.75, 3.05) is 13.1 Å². The predicted molar refractivity (Wildman–Crippen MR) is 75.7 cm³/mol. The Morgan fingerprint density at radius 1 is 1.26 bits per heavy atom. The molecule has 5 nitrogen and oxygen atoms in total. The third kappa shape index (κ3) is 4.35. The van der Waals surface area contributed by atoms with Crippen molar-refractivity contribution in [1.29, 1.82) is 0 Å². The van der Waals surface area contributed by atoms with Crippen molar-refractivity contribution in [3.05, 3.63) is 34.9 Å². The normalized spacial score (nSPS) is 22.6. The number of hydrogen-bond acceptors (Lipinski definition) is 3. The summed E-state index contributed by atoms with van der Waals surface area (Å²) in [6.45, 7) is -0.0800. The van der Waals surface area contributed by atoms with Gasteiger partial charge in [0.05, 0.1) is 5.92 Å². The monoisotopic (exact) mass is 350 g/mol. The van der Waals surface area contributed by atoms with E-state index in [-0.39, 0.29) is 19.0 Å². The summed E-state index contributed by atoms with van der Waals surface area (Å²) < 4.78 is 36.8. The molecule has 1 fully saturated rings. The van der Waals surface area contributed by atoms with Crippen molar-refractivity contribution >= 4 is 23.5 Å². The molecule has 1 aliphatic heterocycles. The number of hydrazine groups is 1. The zero-order valence-electron chi connectivity index (χ0n) is 11.8. The fourth-order valence-electron chi connectivity index (χ4n) is 2.62. The molecule has 126 valence electrons. The minimum absolute atomic E-state index is 0.124. The maximum Gasteiger partial charge on any atom is 0.472 e. The molecule has 0 saturated carbocycles. The number of aliphatic carboxylic acids is 1. The first-order valence-corrected chi connectivity index (χ1v) is 7.17. The van der Waals surface area contributed by atoms with Crippen LogP contribution < -0.4 is 5.43 Å². The van der Waals surface area contributed by atoms with Gasteiger partial charge in [-0.2, -0.15) is 13.2 Å². The van der Waals surface area contributed by atoms with Crippen LogP contribution in [-0.2, 0) is 9.59 Å². The maximum atomic E-state index is 12.3. The molecule has 0 aliphatic carbocycles. The van der Waals surface area contributed by atoms with Gasteiger partial charge in [-0.15, -0.1) is 0 Å². The van der Waals surface area contributed by atoms with Gasteiger partial charge in [-0.1, -0.05) is 23.7 Å². The number of carboxylic acid groups (broad SMARTS) is 1. The van der Waals surface area contributed by atoms with Crippen molar-refractivity contribution in [1.82, 2.24) is 10.4 Å². The number of hydrogen-bond donors (Lipinski definition) is 2. The molecule has 0 bridgehead atoms. The fourth-order valence-corrected chi connectivity index (χ4v) is 2.75. The highest BCUT2D eigenvalue weighted by Gasteiger charge is 2.42. The van der Waals surface area contributed by atoms with E-state index in [1.165, 1.54) is 0 Å². The number of halogens is 4. The molecular formula is C14H14ClF3N2O3. The Morgan fingerprint density at radius 3 is 2.39 bits per heavy atom. The summed E-state index contributed by atoms with van der Waals surface area (Å²) in [7, 11) is 0. The van der Waals surface area contributed by atoms with Gasteiger partial charge >= 0.3 is 18.1 Å². The molecule has 2 rings (SSSR count). The summed E-state index contributed by atoms with van der Waals surface area (Å²) in [4.78, 5) is 22.4. The van der Waals surface area contributed by atoms with E-state index in [0.29, 0.717) is 11.4 Å². The average Bonchev–Trinajstić information content (AvgIpc) is 2.47. The van der Waals surface area contributed by atoms with Crippen LogP contribution in [0, 0.1) is 5.92 Å². The van der Waals surface area contributed by atoms with Crippen LogP contribution in [0.5, 0.6) is 0 Å². The van der Waals surface area contributed by atoms with E-state index in [9.17, 15) is 27.9 Å². The van der Waals surface area contributed by atoms with E-state index < -0.39 is 24.0 Å². The number of alkyl halides is 3. The van der Waals surface area contributed by atoms with Gasteiger partial charge in [0.15, 0.2) is 0 Å². The van der Waals surface area contributed by atoms with Gasteiger partial charge in [-0.25, -0.2) is 5.01 Å². The van der Waals surface area contributed by atoms with E-state index >= 15 is 0 Å². The van der Waals surface area contributed by atoms with E-state index in [2.05, 4.69) is 0 Å². The molecule has 23 heavy (non-hydrogen) atoms. The van der Waals surface area contributed by atoms with Crippen LogP contribution in [0.4, 0.5) is 13.2 Å². The Morgan fingerprint density at radius 2 is 1.87 bits per heavy atom. The molecule has 1 heterocycles. The quantitative estimate of drug-likeness (QED) is 0.878. The van der Waals surface area contributed by atoms with Crippen molar-refractivity contribution in [3.63, 3.8) is 0 Å². The van der Waals surface area contributed by atoms with E-state index in [1.807, 2.05) is 0 Å². The zero-order valence-corrected chi connectivity index (χ0v) is 12.6. The summed E-state index contributed by atoms with van der Waals surface area (Å²) in [5, 5.41) is 10.9. The highest BCUT2D eigenvalue weighted by atomic mass is 35.5. The van der Waals surface area contributed by atoms with Crippen LogP contribution in [0.3, 0.4) is 0 Å². The van der Waals surface area contributed by atoms with Crippen molar-refractivity contribution in [2.24, 2.45) is 5.92 Å². The van der Waals surface area contributed by atoms with Gasteiger partial charge in [0.2, 0.25) is 0 Å². The molecule has 0 spiro atoms. The molecule has 2 N–H and O–H groups in total. The summed E-state index contributed by atoms with van der Waals surface area (Å²) in [5.41, 5.74) is 2.46. The number of nitrogens with zero attached hydrogens (tertiary/aromatic N) is 1.